The Balaban J connectivity index is 2.57. The maximum absolute atomic E-state index is 13.4. The fraction of sp³-hybridized carbons (Fsp3) is 1.00. The monoisotopic (exact) mass is 280 g/mol. The molecular formula is C5H9BCl2FO5P. The van der Waals surface area contributed by atoms with Gasteiger partial charge in [0.05, 0.1) is 12.6 Å². The van der Waals surface area contributed by atoms with E-state index in [9.17, 15) is 14.1 Å². The summed E-state index contributed by atoms with van der Waals surface area (Å²) in [6, 6.07) is -1.05. The van der Waals surface area contributed by atoms with Gasteiger partial charge in [0.2, 0.25) is 5.13 Å². The summed E-state index contributed by atoms with van der Waals surface area (Å²) in [4.78, 5) is 8.60. The summed E-state index contributed by atoms with van der Waals surface area (Å²) in [5, 5.41) is 6.93. The van der Waals surface area contributed by atoms with Crippen molar-refractivity contribution in [3.63, 3.8) is 0 Å². The molecule has 0 aromatic rings. The zero-order valence-electron chi connectivity index (χ0n) is 7.64. The molecule has 1 aliphatic rings. The van der Waals surface area contributed by atoms with Gasteiger partial charge in [0.25, 0.3) is 0 Å². The molecule has 1 rings (SSSR count). The molecule has 15 heavy (non-hydrogen) atoms. The molecule has 88 valence electrons. The lowest BCUT2D eigenvalue weighted by Crippen LogP contribution is -2.39. The topological polar surface area (TPSA) is 76.0 Å². The lowest BCUT2D eigenvalue weighted by Gasteiger charge is -2.18. The Morgan fingerprint density at radius 3 is 2.60 bits per heavy atom. The number of alkyl halides is 2. The van der Waals surface area contributed by atoms with Gasteiger partial charge in [-0.25, -0.2) is 8.96 Å². The van der Waals surface area contributed by atoms with Gasteiger partial charge in [0.15, 0.2) is 0 Å². The molecule has 5 nitrogen and oxygen atoms in total. The van der Waals surface area contributed by atoms with Crippen molar-refractivity contribution in [2.24, 2.45) is 0 Å². The molecule has 0 bridgehead atoms. The molecule has 1 heterocycles. The summed E-state index contributed by atoms with van der Waals surface area (Å²) >= 11 is 10.2. The average Bonchev–Trinajstić information content (AvgIpc) is 2.25. The van der Waals surface area contributed by atoms with E-state index in [4.69, 9.17) is 32.5 Å². The first kappa shape index (κ1) is 13.7. The highest BCUT2D eigenvalue weighted by molar-refractivity contribution is 7.80. The van der Waals surface area contributed by atoms with E-state index in [1.807, 2.05) is 0 Å². The molecule has 2 N–H and O–H groups in total. The second-order valence-corrected chi connectivity index (χ2v) is 6.21. The normalized spacial score (nSPS) is 45.3. The average molecular weight is 281 g/mol. The summed E-state index contributed by atoms with van der Waals surface area (Å²) in [6.07, 6.45) is -2.76. The number of aliphatic hydroxyl groups excluding tert-OH is 1. The largest absolute Gasteiger partial charge is 0.421 e. The molecule has 0 saturated carbocycles. The van der Waals surface area contributed by atoms with Gasteiger partial charge in [-0.1, -0.05) is 11.6 Å². The molecule has 1 fully saturated rings. The van der Waals surface area contributed by atoms with Crippen molar-refractivity contribution >= 4 is 37.6 Å². The third-order valence-corrected chi connectivity index (χ3v) is 3.36. The van der Waals surface area contributed by atoms with Crippen LogP contribution in [0.3, 0.4) is 0 Å². The Morgan fingerprint density at radius 2 is 2.27 bits per heavy atom. The number of hydrogen-bond donors (Lipinski definition) is 2. The van der Waals surface area contributed by atoms with Crippen LogP contribution in [0.1, 0.15) is 0 Å². The van der Waals surface area contributed by atoms with Gasteiger partial charge in [-0.3, -0.25) is 4.52 Å². The molecule has 1 aliphatic heterocycles. The Morgan fingerprint density at radius 1 is 1.73 bits per heavy atom. The molecule has 0 aromatic heterocycles. The number of hydrogen-bond acceptors (Lipinski definition) is 4. The van der Waals surface area contributed by atoms with Crippen LogP contribution in [0.15, 0.2) is 0 Å². The highest BCUT2D eigenvalue weighted by Gasteiger charge is 2.54. The van der Waals surface area contributed by atoms with Crippen LogP contribution in [0, 0.1) is 0 Å². The Hall–Kier alpha value is 0.645. The lowest BCUT2D eigenvalue weighted by molar-refractivity contribution is -0.00152. The van der Waals surface area contributed by atoms with E-state index in [0.29, 0.717) is 0 Å². The van der Waals surface area contributed by atoms with E-state index in [2.05, 4.69) is 4.52 Å². The quantitative estimate of drug-likeness (QED) is 0.431. The third kappa shape index (κ3) is 3.30. The second kappa shape index (κ2) is 4.49. The van der Waals surface area contributed by atoms with E-state index in [-0.39, 0.29) is 0 Å². The predicted molar refractivity (Wildman–Crippen MR) is 54.5 cm³/mol. The summed E-state index contributed by atoms with van der Waals surface area (Å²) in [5.41, 5.74) is 0. The fourth-order valence-electron chi connectivity index (χ4n) is 1.21. The predicted octanol–water partition coefficient (Wildman–Crippen LogP) is -0.0343. The molecule has 0 radical (unpaired) electrons. The minimum Gasteiger partial charge on any atom is -0.386 e. The van der Waals surface area contributed by atoms with Crippen LogP contribution < -0.4 is 0 Å². The van der Waals surface area contributed by atoms with Crippen molar-refractivity contribution in [2.45, 2.75) is 23.3 Å². The number of rotatable bonds is 3. The highest BCUT2D eigenvalue weighted by Crippen LogP contribution is 2.48. The van der Waals surface area contributed by atoms with Crippen LogP contribution in [0.25, 0.3) is 0 Å². The van der Waals surface area contributed by atoms with Gasteiger partial charge in [-0.2, -0.15) is 0 Å². The summed E-state index contributed by atoms with van der Waals surface area (Å²) in [7, 11) is 1.33. The summed E-state index contributed by atoms with van der Waals surface area (Å²) in [6.45, 7) is -4.70. The van der Waals surface area contributed by atoms with Gasteiger partial charge in [0.1, 0.15) is 20.1 Å². The van der Waals surface area contributed by atoms with Gasteiger partial charge in [-0.15, -0.1) is 0 Å². The van der Waals surface area contributed by atoms with Crippen molar-refractivity contribution in [1.29, 1.82) is 0 Å². The first-order valence-corrected chi connectivity index (χ1v) is 6.89. The SMILES string of the molecule is B[C@@H]1O[C@H](COP(=O)(O)Cl)[C@@H](O)[C@]1(F)Cl. The van der Waals surface area contributed by atoms with Gasteiger partial charge < -0.3 is 14.7 Å². The smallest absolute Gasteiger partial charge is 0.386 e. The zero-order chi connectivity index (χ0) is 11.9. The molecule has 0 aliphatic carbocycles. The highest BCUT2D eigenvalue weighted by atomic mass is 35.7. The first-order chi connectivity index (χ1) is 6.64. The molecule has 1 saturated heterocycles. The van der Waals surface area contributed by atoms with Crippen LogP contribution >= 0.6 is 29.8 Å². The van der Waals surface area contributed by atoms with Crippen molar-refractivity contribution < 1.29 is 28.2 Å². The maximum Gasteiger partial charge on any atom is 0.421 e. The van der Waals surface area contributed by atoms with E-state index in [1.54, 1.807) is 0 Å². The molecule has 5 atom stereocenters. The minimum absolute atomic E-state index is 0.513. The van der Waals surface area contributed by atoms with Crippen LogP contribution in [-0.4, -0.2) is 47.8 Å². The van der Waals surface area contributed by atoms with Crippen molar-refractivity contribution in [3.8, 4) is 0 Å². The molecule has 0 amide bonds. The van der Waals surface area contributed by atoms with E-state index < -0.39 is 36.9 Å². The standard InChI is InChI=1S/C5H9BCl2FO5P/c6-4-5(7,9)3(10)2(14-4)1-13-15(8,11)12/h2-4,10H,1,6H2,(H,11,12)/t2-,3-,4-,5-/m1/s1. The molecule has 1 unspecified atom stereocenters. The van der Waals surface area contributed by atoms with Crippen LogP contribution in [0.2, 0.25) is 0 Å². The number of ether oxygens (including phenoxy) is 1. The fourth-order valence-corrected chi connectivity index (χ4v) is 1.90. The van der Waals surface area contributed by atoms with Gasteiger partial charge in [-0.05, 0) is 0 Å². The van der Waals surface area contributed by atoms with Gasteiger partial charge in [0, 0.05) is 11.2 Å². The minimum atomic E-state index is -4.19. The maximum atomic E-state index is 13.4. The number of halogens is 3. The van der Waals surface area contributed by atoms with E-state index in [0.717, 1.165) is 0 Å². The van der Waals surface area contributed by atoms with Crippen LogP contribution in [0.4, 0.5) is 4.39 Å². The molecule has 10 heteroatoms. The molecule has 0 spiro atoms. The zero-order valence-corrected chi connectivity index (χ0v) is 10.0. The summed E-state index contributed by atoms with van der Waals surface area (Å²) in [5.74, 6) is 0. The molecular weight excluding hydrogens is 272 g/mol. The van der Waals surface area contributed by atoms with Crippen molar-refractivity contribution in [2.75, 3.05) is 6.61 Å². The van der Waals surface area contributed by atoms with E-state index >= 15 is 0 Å². The van der Waals surface area contributed by atoms with Crippen molar-refractivity contribution in [3.05, 3.63) is 0 Å². The Labute approximate surface area is 96.2 Å². The lowest BCUT2D eigenvalue weighted by atomic mass is 9.93. The molecule has 0 aromatic carbocycles. The third-order valence-electron chi connectivity index (χ3n) is 2.07. The van der Waals surface area contributed by atoms with Crippen molar-refractivity contribution in [1.82, 2.24) is 0 Å². The summed E-state index contributed by atoms with van der Waals surface area (Å²) < 4.78 is 33.2. The van der Waals surface area contributed by atoms with Crippen LogP contribution in [-0.2, 0) is 13.8 Å². The first-order valence-electron chi connectivity index (χ1n) is 4.03. The van der Waals surface area contributed by atoms with Gasteiger partial charge >= 0.3 is 6.95 Å². The Kier molecular flexibility index (Phi) is 4.10. The van der Waals surface area contributed by atoms with E-state index in [1.165, 1.54) is 7.85 Å². The second-order valence-electron chi connectivity index (χ2n) is 3.18. The Bertz CT molecular complexity index is 287. The number of aliphatic hydroxyl groups is 1. The van der Waals surface area contributed by atoms with Crippen LogP contribution in [0.5, 0.6) is 0 Å².